The Bertz CT molecular complexity index is 477. The molecule has 0 unspecified atom stereocenters. The summed E-state index contributed by atoms with van der Waals surface area (Å²) in [7, 11) is 0. The van der Waals surface area contributed by atoms with Crippen LogP contribution in [-0.2, 0) is 11.8 Å². The van der Waals surface area contributed by atoms with Crippen molar-refractivity contribution in [3.63, 3.8) is 0 Å². The number of nitrogens with zero attached hydrogens (tertiary/aromatic N) is 1. The molecule has 0 N–H and O–H groups in total. The van der Waals surface area contributed by atoms with Gasteiger partial charge in [-0.2, -0.15) is 4.37 Å². The minimum atomic E-state index is 0.205. The second-order valence-electron chi connectivity index (χ2n) is 4.94. The molecule has 1 heterocycles. The third-order valence-corrected chi connectivity index (χ3v) is 3.63. The van der Waals surface area contributed by atoms with Crippen LogP contribution in [0.1, 0.15) is 38.8 Å². The zero-order chi connectivity index (χ0) is 11.1. The van der Waals surface area contributed by atoms with Gasteiger partial charge in [0.25, 0.3) is 0 Å². The molecule has 0 aliphatic rings. The lowest BCUT2D eigenvalue weighted by Gasteiger charge is -2.20. The first kappa shape index (κ1) is 10.6. The van der Waals surface area contributed by atoms with Gasteiger partial charge in [-0.3, -0.25) is 0 Å². The molecule has 80 valence electrons. The van der Waals surface area contributed by atoms with Gasteiger partial charge >= 0.3 is 0 Å². The van der Waals surface area contributed by atoms with Crippen molar-refractivity contribution in [1.29, 1.82) is 0 Å². The zero-order valence-electron chi connectivity index (χ0n) is 9.79. The van der Waals surface area contributed by atoms with Crippen LogP contribution in [0.2, 0.25) is 0 Å². The lowest BCUT2D eigenvalue weighted by atomic mass is 9.85. The molecule has 0 spiro atoms. The third-order valence-electron chi connectivity index (χ3n) is 2.80. The van der Waals surface area contributed by atoms with Crippen molar-refractivity contribution in [2.75, 3.05) is 0 Å². The number of aryl methyl sites for hydroxylation is 1. The van der Waals surface area contributed by atoms with E-state index in [4.69, 9.17) is 0 Å². The van der Waals surface area contributed by atoms with E-state index in [0.717, 1.165) is 6.42 Å². The maximum atomic E-state index is 4.33. The molecule has 0 atom stereocenters. The Hall–Kier alpha value is -0.890. The van der Waals surface area contributed by atoms with Crippen LogP contribution in [0.3, 0.4) is 0 Å². The van der Waals surface area contributed by atoms with Gasteiger partial charge in [0.2, 0.25) is 0 Å². The molecule has 0 bridgehead atoms. The smallest absolute Gasteiger partial charge is 0.0590 e. The Labute approximate surface area is 95.3 Å². The van der Waals surface area contributed by atoms with E-state index in [0.29, 0.717) is 0 Å². The molecule has 1 nitrogen and oxygen atoms in total. The summed E-state index contributed by atoms with van der Waals surface area (Å²) in [6.07, 6.45) is 3.09. The van der Waals surface area contributed by atoms with Crippen LogP contribution in [0, 0.1) is 0 Å². The van der Waals surface area contributed by atoms with E-state index in [1.165, 1.54) is 21.2 Å². The number of rotatable bonds is 1. The molecular weight excluding hydrogens is 202 g/mol. The van der Waals surface area contributed by atoms with Gasteiger partial charge in [0.15, 0.2) is 0 Å². The van der Waals surface area contributed by atoms with Crippen molar-refractivity contribution in [2.45, 2.75) is 39.5 Å². The topological polar surface area (TPSA) is 12.9 Å². The summed E-state index contributed by atoms with van der Waals surface area (Å²) < 4.78 is 5.69. The molecule has 2 heteroatoms. The highest BCUT2D eigenvalue weighted by molar-refractivity contribution is 7.13. The predicted octanol–water partition coefficient (Wildman–Crippen LogP) is 4.16. The van der Waals surface area contributed by atoms with Crippen LogP contribution < -0.4 is 0 Å². The highest BCUT2D eigenvalue weighted by Crippen LogP contribution is 2.34. The molecule has 0 fully saturated rings. The second kappa shape index (κ2) is 3.60. The van der Waals surface area contributed by atoms with Crippen molar-refractivity contribution in [3.8, 4) is 0 Å². The molecule has 0 saturated carbocycles. The highest BCUT2D eigenvalue weighted by atomic mass is 32.1. The first-order valence-electron chi connectivity index (χ1n) is 5.40. The highest BCUT2D eigenvalue weighted by Gasteiger charge is 2.18. The Morgan fingerprint density at radius 3 is 2.60 bits per heavy atom. The zero-order valence-corrected chi connectivity index (χ0v) is 10.6. The second-order valence-corrected chi connectivity index (χ2v) is 5.75. The molecule has 0 amide bonds. The Balaban J connectivity index is 2.74. The summed E-state index contributed by atoms with van der Waals surface area (Å²) >= 11 is 1.62. The van der Waals surface area contributed by atoms with Crippen molar-refractivity contribution >= 4 is 21.6 Å². The van der Waals surface area contributed by atoms with Crippen LogP contribution >= 0.6 is 11.5 Å². The normalized spacial score (nSPS) is 12.3. The van der Waals surface area contributed by atoms with Gasteiger partial charge < -0.3 is 0 Å². The molecular formula is C13H17NS. The number of fused-ring (bicyclic) bond motifs is 1. The number of hydrogen-bond acceptors (Lipinski definition) is 2. The fraction of sp³-hybridized carbons (Fsp3) is 0.462. The van der Waals surface area contributed by atoms with Gasteiger partial charge in [-0.05, 0) is 34.5 Å². The van der Waals surface area contributed by atoms with Crippen molar-refractivity contribution in [2.24, 2.45) is 0 Å². The Morgan fingerprint density at radius 2 is 2.00 bits per heavy atom. The van der Waals surface area contributed by atoms with E-state index in [9.17, 15) is 0 Å². The minimum Gasteiger partial charge on any atom is -0.200 e. The molecule has 0 aliphatic carbocycles. The van der Waals surface area contributed by atoms with E-state index < -0.39 is 0 Å². The number of hydrogen-bond donors (Lipinski definition) is 0. The van der Waals surface area contributed by atoms with Crippen LogP contribution in [-0.4, -0.2) is 4.37 Å². The molecule has 15 heavy (non-hydrogen) atoms. The third kappa shape index (κ3) is 1.78. The molecule has 0 saturated heterocycles. The van der Waals surface area contributed by atoms with E-state index in [1.54, 1.807) is 11.5 Å². The van der Waals surface area contributed by atoms with E-state index in [2.05, 4.69) is 44.2 Å². The molecule has 0 aliphatic heterocycles. The van der Waals surface area contributed by atoms with Gasteiger partial charge in [-0.1, -0.05) is 39.8 Å². The Kier molecular flexibility index (Phi) is 2.55. The molecule has 1 aromatic carbocycles. The van der Waals surface area contributed by atoms with Gasteiger partial charge in [-0.25, -0.2) is 0 Å². The quantitative estimate of drug-likeness (QED) is 0.702. The fourth-order valence-electron chi connectivity index (χ4n) is 1.91. The average Bonchev–Trinajstić information content (AvgIpc) is 2.62. The predicted molar refractivity (Wildman–Crippen MR) is 67.7 cm³/mol. The number of aromatic nitrogens is 1. The summed E-state index contributed by atoms with van der Waals surface area (Å²) in [5.41, 5.74) is 3.03. The summed E-state index contributed by atoms with van der Waals surface area (Å²) in [6.45, 7) is 8.97. The summed E-state index contributed by atoms with van der Waals surface area (Å²) in [5.74, 6) is 0. The molecule has 2 aromatic rings. The van der Waals surface area contributed by atoms with E-state index in [-0.39, 0.29) is 5.41 Å². The van der Waals surface area contributed by atoms with E-state index >= 15 is 0 Å². The summed E-state index contributed by atoms with van der Waals surface area (Å²) in [4.78, 5) is 0. The van der Waals surface area contributed by atoms with Crippen LogP contribution in [0.5, 0.6) is 0 Å². The summed E-state index contributed by atoms with van der Waals surface area (Å²) in [5, 5.41) is 1.34. The standard InChI is InChI=1S/C13H17NS/c1-5-9-6-7-11(13(2,3)4)12-10(9)8-14-15-12/h6-8H,5H2,1-4H3. The van der Waals surface area contributed by atoms with Gasteiger partial charge in [-0.15, -0.1) is 0 Å². The van der Waals surface area contributed by atoms with Crippen LogP contribution in [0.25, 0.3) is 10.1 Å². The first-order chi connectivity index (χ1) is 7.04. The SMILES string of the molecule is CCc1ccc(C(C)(C)C)c2sncc12. The lowest BCUT2D eigenvalue weighted by Crippen LogP contribution is -2.11. The lowest BCUT2D eigenvalue weighted by molar-refractivity contribution is 0.596. The monoisotopic (exact) mass is 219 g/mol. The maximum absolute atomic E-state index is 4.33. The molecule has 0 radical (unpaired) electrons. The largest absolute Gasteiger partial charge is 0.200 e. The minimum absolute atomic E-state index is 0.205. The Morgan fingerprint density at radius 1 is 1.27 bits per heavy atom. The molecule has 1 aromatic heterocycles. The fourth-order valence-corrected chi connectivity index (χ4v) is 2.93. The summed E-state index contributed by atoms with van der Waals surface area (Å²) in [6, 6.07) is 4.51. The van der Waals surface area contributed by atoms with E-state index in [1.807, 2.05) is 6.20 Å². The average molecular weight is 219 g/mol. The first-order valence-corrected chi connectivity index (χ1v) is 6.18. The maximum Gasteiger partial charge on any atom is 0.0590 e. The van der Waals surface area contributed by atoms with Gasteiger partial charge in [0.05, 0.1) is 4.70 Å². The van der Waals surface area contributed by atoms with Crippen LogP contribution in [0.4, 0.5) is 0 Å². The van der Waals surface area contributed by atoms with Gasteiger partial charge in [0, 0.05) is 11.6 Å². The van der Waals surface area contributed by atoms with Gasteiger partial charge in [0.1, 0.15) is 0 Å². The van der Waals surface area contributed by atoms with Crippen LogP contribution in [0.15, 0.2) is 18.3 Å². The molecule has 2 rings (SSSR count). The van der Waals surface area contributed by atoms with Crippen molar-refractivity contribution in [1.82, 2.24) is 4.37 Å². The number of benzene rings is 1. The van der Waals surface area contributed by atoms with Crippen molar-refractivity contribution in [3.05, 3.63) is 29.5 Å². The van der Waals surface area contributed by atoms with Crippen molar-refractivity contribution < 1.29 is 0 Å².